The van der Waals surface area contributed by atoms with Crippen LogP contribution < -0.4 is 0 Å². The molecule has 4 heteroatoms. The quantitative estimate of drug-likeness (QED) is 0.608. The lowest BCUT2D eigenvalue weighted by molar-refractivity contribution is -0.178. The molecule has 0 aromatic carbocycles. The molecule has 0 aromatic rings. The highest BCUT2D eigenvalue weighted by molar-refractivity contribution is 5.81. The van der Waals surface area contributed by atoms with Crippen LogP contribution in [0.4, 0.5) is 0 Å². The minimum atomic E-state index is -1.51. The molecule has 1 heterocycles. The minimum absolute atomic E-state index is 0.126. The van der Waals surface area contributed by atoms with E-state index in [9.17, 15) is 9.90 Å². The Morgan fingerprint density at radius 3 is 2.46 bits per heavy atom. The predicted octanol–water partition coefficient (Wildman–Crippen LogP) is 0.478. The van der Waals surface area contributed by atoms with Gasteiger partial charge in [0.05, 0.1) is 13.2 Å². The summed E-state index contributed by atoms with van der Waals surface area (Å²) in [4.78, 5) is 11.3. The molecule has 1 saturated heterocycles. The first-order valence-corrected chi connectivity index (χ1v) is 4.32. The molecule has 0 bridgehead atoms. The Hall–Kier alpha value is -0.610. The van der Waals surface area contributed by atoms with Gasteiger partial charge in [-0.15, -0.1) is 0 Å². The topological polar surface area (TPSA) is 55.8 Å². The largest absolute Gasteiger partial charge is 0.467 e. The van der Waals surface area contributed by atoms with Crippen molar-refractivity contribution < 1.29 is 19.4 Å². The molecule has 0 spiro atoms. The number of carbonyl (C=O) groups is 1. The maximum atomic E-state index is 11.3. The Morgan fingerprint density at radius 2 is 2.15 bits per heavy atom. The van der Waals surface area contributed by atoms with E-state index in [2.05, 4.69) is 4.74 Å². The van der Waals surface area contributed by atoms with Gasteiger partial charge in [0, 0.05) is 6.42 Å². The molecular formula is C9H16O4. The zero-order valence-electron chi connectivity index (χ0n) is 8.46. The summed E-state index contributed by atoms with van der Waals surface area (Å²) < 4.78 is 9.99. The molecule has 0 amide bonds. The van der Waals surface area contributed by atoms with Gasteiger partial charge in [-0.3, -0.25) is 0 Å². The third kappa shape index (κ3) is 1.44. The molecule has 1 N–H and O–H groups in total. The fourth-order valence-electron chi connectivity index (χ4n) is 1.80. The summed E-state index contributed by atoms with van der Waals surface area (Å²) in [7, 11) is 1.26. The van der Waals surface area contributed by atoms with Crippen LogP contribution in [0.3, 0.4) is 0 Å². The van der Waals surface area contributed by atoms with Gasteiger partial charge < -0.3 is 14.6 Å². The van der Waals surface area contributed by atoms with E-state index in [1.807, 2.05) is 6.92 Å². The van der Waals surface area contributed by atoms with E-state index in [4.69, 9.17) is 4.74 Å². The lowest BCUT2D eigenvalue weighted by Gasteiger charge is -2.31. The van der Waals surface area contributed by atoms with Crippen molar-refractivity contribution >= 4 is 5.97 Å². The number of hydrogen-bond donors (Lipinski definition) is 1. The summed E-state index contributed by atoms with van der Waals surface area (Å²) in [5.41, 5.74) is -2.39. The third-order valence-corrected chi connectivity index (χ3v) is 2.60. The maximum absolute atomic E-state index is 11.3. The number of methoxy groups -OCH3 is 1. The van der Waals surface area contributed by atoms with Gasteiger partial charge in [-0.05, 0) is 20.8 Å². The first-order chi connectivity index (χ1) is 5.83. The molecule has 0 saturated carbocycles. The van der Waals surface area contributed by atoms with Crippen molar-refractivity contribution in [1.29, 1.82) is 0 Å². The van der Waals surface area contributed by atoms with Crippen molar-refractivity contribution in [3.05, 3.63) is 0 Å². The van der Waals surface area contributed by atoms with E-state index in [0.29, 0.717) is 0 Å². The Morgan fingerprint density at radius 1 is 1.62 bits per heavy atom. The molecule has 1 aliphatic rings. The van der Waals surface area contributed by atoms with Crippen LogP contribution in [0.1, 0.15) is 27.2 Å². The van der Waals surface area contributed by atoms with Crippen LogP contribution in [0.5, 0.6) is 0 Å². The van der Waals surface area contributed by atoms with Crippen molar-refractivity contribution in [1.82, 2.24) is 0 Å². The van der Waals surface area contributed by atoms with Gasteiger partial charge in [0.2, 0.25) is 0 Å². The van der Waals surface area contributed by atoms with Crippen molar-refractivity contribution in [2.24, 2.45) is 0 Å². The number of aliphatic hydroxyl groups is 1. The molecule has 1 fully saturated rings. The fourth-order valence-corrected chi connectivity index (χ4v) is 1.80. The first-order valence-electron chi connectivity index (χ1n) is 4.32. The lowest BCUT2D eigenvalue weighted by Crippen LogP contribution is -2.53. The predicted molar refractivity (Wildman–Crippen MR) is 46.2 cm³/mol. The SMILES string of the molecule is COC(=O)C1(O)CC(C)OC1(C)C. The number of ether oxygens (including phenoxy) is 2. The van der Waals surface area contributed by atoms with Crippen LogP contribution in [0, 0.1) is 0 Å². The molecule has 4 nitrogen and oxygen atoms in total. The summed E-state index contributed by atoms with van der Waals surface area (Å²) in [5.74, 6) is -0.623. The number of esters is 1. The molecule has 0 radical (unpaired) electrons. The van der Waals surface area contributed by atoms with E-state index < -0.39 is 17.2 Å². The summed E-state index contributed by atoms with van der Waals surface area (Å²) in [6, 6.07) is 0. The Labute approximate surface area is 77.8 Å². The fraction of sp³-hybridized carbons (Fsp3) is 0.889. The van der Waals surface area contributed by atoms with Gasteiger partial charge in [-0.1, -0.05) is 0 Å². The molecule has 0 aromatic heterocycles. The maximum Gasteiger partial charge on any atom is 0.341 e. The van der Waals surface area contributed by atoms with Gasteiger partial charge in [0.25, 0.3) is 0 Å². The van der Waals surface area contributed by atoms with Gasteiger partial charge in [-0.25, -0.2) is 4.79 Å². The first kappa shape index (κ1) is 10.5. The lowest BCUT2D eigenvalue weighted by atomic mass is 9.85. The minimum Gasteiger partial charge on any atom is -0.467 e. The van der Waals surface area contributed by atoms with E-state index in [-0.39, 0.29) is 12.5 Å². The van der Waals surface area contributed by atoms with Gasteiger partial charge >= 0.3 is 5.97 Å². The smallest absolute Gasteiger partial charge is 0.341 e. The van der Waals surface area contributed by atoms with E-state index >= 15 is 0 Å². The molecule has 76 valence electrons. The van der Waals surface area contributed by atoms with E-state index in [1.165, 1.54) is 7.11 Å². The second-order valence-electron chi connectivity index (χ2n) is 3.99. The summed E-state index contributed by atoms with van der Waals surface area (Å²) in [6.45, 7) is 5.20. The zero-order chi connectivity index (χ0) is 10.3. The van der Waals surface area contributed by atoms with Gasteiger partial charge in [0.15, 0.2) is 5.60 Å². The van der Waals surface area contributed by atoms with Crippen molar-refractivity contribution in [3.8, 4) is 0 Å². The van der Waals surface area contributed by atoms with Crippen LogP contribution in [0.2, 0.25) is 0 Å². The number of carbonyl (C=O) groups excluding carboxylic acids is 1. The highest BCUT2D eigenvalue weighted by Gasteiger charge is 2.58. The molecule has 1 aliphatic heterocycles. The second-order valence-corrected chi connectivity index (χ2v) is 3.99. The van der Waals surface area contributed by atoms with Crippen LogP contribution in [0.15, 0.2) is 0 Å². The number of hydrogen-bond acceptors (Lipinski definition) is 4. The van der Waals surface area contributed by atoms with E-state index in [0.717, 1.165) is 0 Å². The molecular weight excluding hydrogens is 172 g/mol. The normalized spacial score (nSPS) is 37.5. The van der Waals surface area contributed by atoms with Crippen LogP contribution in [-0.2, 0) is 14.3 Å². The highest BCUT2D eigenvalue weighted by Crippen LogP contribution is 2.39. The van der Waals surface area contributed by atoms with Gasteiger partial charge in [-0.2, -0.15) is 0 Å². The van der Waals surface area contributed by atoms with Crippen LogP contribution in [-0.4, -0.2) is 35.5 Å². The van der Waals surface area contributed by atoms with E-state index in [1.54, 1.807) is 13.8 Å². The van der Waals surface area contributed by atoms with Crippen LogP contribution in [0.25, 0.3) is 0 Å². The third-order valence-electron chi connectivity index (χ3n) is 2.60. The zero-order valence-corrected chi connectivity index (χ0v) is 8.46. The summed E-state index contributed by atoms with van der Waals surface area (Å²) in [6.07, 6.45) is 0.159. The average molecular weight is 188 g/mol. The second kappa shape index (κ2) is 2.96. The van der Waals surface area contributed by atoms with Crippen molar-refractivity contribution in [2.75, 3.05) is 7.11 Å². The molecule has 0 aliphatic carbocycles. The summed E-state index contributed by atoms with van der Waals surface area (Å²) in [5, 5.41) is 10.1. The standard InChI is InChI=1S/C9H16O4/c1-6-5-9(11,7(10)12-4)8(2,3)13-6/h6,11H,5H2,1-4H3. The average Bonchev–Trinajstić information content (AvgIpc) is 2.20. The molecule has 1 rings (SSSR count). The number of rotatable bonds is 1. The highest BCUT2D eigenvalue weighted by atomic mass is 16.6. The molecule has 2 atom stereocenters. The monoisotopic (exact) mass is 188 g/mol. The van der Waals surface area contributed by atoms with Crippen molar-refractivity contribution in [2.45, 2.75) is 44.5 Å². The Balaban J connectivity index is 2.95. The Bertz CT molecular complexity index is 224. The molecule has 13 heavy (non-hydrogen) atoms. The van der Waals surface area contributed by atoms with Gasteiger partial charge in [0.1, 0.15) is 5.60 Å². The summed E-state index contributed by atoms with van der Waals surface area (Å²) >= 11 is 0. The van der Waals surface area contributed by atoms with Crippen LogP contribution >= 0.6 is 0 Å². The van der Waals surface area contributed by atoms with Crippen molar-refractivity contribution in [3.63, 3.8) is 0 Å². The Kier molecular flexibility index (Phi) is 2.38. The molecule has 2 unspecified atom stereocenters.